The second-order valence-electron chi connectivity index (χ2n) is 6.11. The molecule has 8 nitrogen and oxygen atoms in total. The summed E-state index contributed by atoms with van der Waals surface area (Å²) in [5.41, 5.74) is 0.781. The Bertz CT molecular complexity index is 942. The van der Waals surface area contributed by atoms with Gasteiger partial charge in [0.25, 0.3) is 5.91 Å². The van der Waals surface area contributed by atoms with E-state index >= 15 is 0 Å². The van der Waals surface area contributed by atoms with Gasteiger partial charge in [0, 0.05) is 17.0 Å². The first-order chi connectivity index (χ1) is 13.4. The smallest absolute Gasteiger partial charge is 0.341 e. The van der Waals surface area contributed by atoms with Crippen LogP contribution in [0, 0.1) is 15.9 Å². The third kappa shape index (κ3) is 4.11. The number of hydrogen-bond acceptors (Lipinski definition) is 7. The molecule has 0 unspecified atom stereocenters. The first kappa shape index (κ1) is 19.7. The Hall–Kier alpha value is -3.01. The summed E-state index contributed by atoms with van der Waals surface area (Å²) >= 11 is 1.31. The molecule has 0 saturated carbocycles. The number of nitro benzene ring substituents is 1. The Balaban J connectivity index is 1.76. The van der Waals surface area contributed by atoms with Gasteiger partial charge in [-0.15, -0.1) is 11.3 Å². The Labute approximate surface area is 163 Å². The highest BCUT2D eigenvalue weighted by Gasteiger charge is 2.27. The number of carbonyl (C=O) groups excluding carboxylic acids is 2. The lowest BCUT2D eigenvalue weighted by Gasteiger charge is -2.12. The van der Waals surface area contributed by atoms with Gasteiger partial charge in [-0.1, -0.05) is 0 Å². The molecule has 0 radical (unpaired) electrons. The van der Waals surface area contributed by atoms with E-state index in [0.717, 1.165) is 54.3 Å². The van der Waals surface area contributed by atoms with Crippen LogP contribution in [0.5, 0.6) is 5.75 Å². The molecule has 10 heteroatoms. The highest BCUT2D eigenvalue weighted by Crippen LogP contribution is 2.38. The summed E-state index contributed by atoms with van der Waals surface area (Å²) in [6.45, 7) is -0.576. The lowest BCUT2D eigenvalue weighted by molar-refractivity contribution is -0.385. The van der Waals surface area contributed by atoms with Crippen LogP contribution < -0.4 is 10.1 Å². The molecule has 28 heavy (non-hydrogen) atoms. The number of ether oxygens (including phenoxy) is 2. The fourth-order valence-electron chi connectivity index (χ4n) is 3.03. The number of carbonyl (C=O) groups is 2. The van der Waals surface area contributed by atoms with E-state index in [1.807, 2.05) is 0 Å². The average Bonchev–Trinajstić information content (AvgIpc) is 3.03. The first-order valence-electron chi connectivity index (χ1n) is 8.50. The van der Waals surface area contributed by atoms with Crippen LogP contribution in [0.3, 0.4) is 0 Å². The number of methoxy groups -OCH3 is 1. The van der Waals surface area contributed by atoms with Gasteiger partial charge in [0.15, 0.2) is 6.61 Å². The summed E-state index contributed by atoms with van der Waals surface area (Å²) in [7, 11) is 1.27. The molecule has 0 fully saturated rings. The van der Waals surface area contributed by atoms with Gasteiger partial charge in [-0.3, -0.25) is 14.9 Å². The largest absolute Gasteiger partial charge is 0.477 e. The predicted octanol–water partition coefficient (Wildman–Crippen LogP) is 3.48. The van der Waals surface area contributed by atoms with Crippen molar-refractivity contribution < 1.29 is 28.4 Å². The van der Waals surface area contributed by atoms with Gasteiger partial charge in [0.2, 0.25) is 5.75 Å². The molecule has 0 saturated heterocycles. The SMILES string of the molecule is COC(=O)c1c(NC(=O)COc2cc(F)ccc2[N+](=O)[O-])sc2c1CCCC2. The predicted molar refractivity (Wildman–Crippen MR) is 99.5 cm³/mol. The van der Waals surface area contributed by atoms with Gasteiger partial charge in [-0.05, 0) is 37.3 Å². The van der Waals surface area contributed by atoms with Crippen molar-refractivity contribution in [1.29, 1.82) is 0 Å². The maximum Gasteiger partial charge on any atom is 0.341 e. The topological polar surface area (TPSA) is 108 Å². The Morgan fingerprint density at radius 2 is 2.07 bits per heavy atom. The monoisotopic (exact) mass is 408 g/mol. The van der Waals surface area contributed by atoms with Gasteiger partial charge in [-0.2, -0.15) is 0 Å². The Morgan fingerprint density at radius 3 is 2.79 bits per heavy atom. The molecule has 1 N–H and O–H groups in total. The van der Waals surface area contributed by atoms with E-state index in [4.69, 9.17) is 9.47 Å². The normalized spacial score (nSPS) is 12.8. The number of anilines is 1. The summed E-state index contributed by atoms with van der Waals surface area (Å²) in [6, 6.07) is 2.74. The van der Waals surface area contributed by atoms with E-state index in [1.165, 1.54) is 18.4 Å². The summed E-state index contributed by atoms with van der Waals surface area (Å²) < 4.78 is 23.3. The molecule has 1 aliphatic carbocycles. The second-order valence-corrected chi connectivity index (χ2v) is 7.22. The van der Waals surface area contributed by atoms with E-state index in [0.29, 0.717) is 10.6 Å². The Kier molecular flexibility index (Phi) is 5.88. The van der Waals surface area contributed by atoms with Crippen molar-refractivity contribution in [2.45, 2.75) is 25.7 Å². The van der Waals surface area contributed by atoms with Crippen LogP contribution in [0.25, 0.3) is 0 Å². The summed E-state index contributed by atoms with van der Waals surface area (Å²) in [4.78, 5) is 35.7. The van der Waals surface area contributed by atoms with Crippen LogP contribution >= 0.6 is 11.3 Å². The van der Waals surface area contributed by atoms with Crippen LogP contribution in [-0.4, -0.2) is 30.5 Å². The third-order valence-electron chi connectivity index (χ3n) is 4.29. The quantitative estimate of drug-likeness (QED) is 0.445. The molecule has 1 aliphatic rings. The van der Waals surface area contributed by atoms with E-state index in [1.54, 1.807) is 0 Å². The number of aryl methyl sites for hydroxylation is 1. The molecular formula is C18H17FN2O6S. The summed E-state index contributed by atoms with van der Waals surface area (Å²) in [5, 5.41) is 14.0. The van der Waals surface area contributed by atoms with Crippen molar-refractivity contribution in [3.63, 3.8) is 0 Å². The average molecular weight is 408 g/mol. The number of benzene rings is 1. The molecule has 1 aromatic heterocycles. The standard InChI is InChI=1S/C18H17FN2O6S/c1-26-18(23)16-11-4-2-3-5-14(11)28-17(16)20-15(22)9-27-13-8-10(19)6-7-12(13)21(24)25/h6-8H,2-5,9H2,1H3,(H,20,22). The lowest BCUT2D eigenvalue weighted by atomic mass is 9.95. The number of hydrogen-bond donors (Lipinski definition) is 1. The minimum Gasteiger partial charge on any atom is -0.477 e. The highest BCUT2D eigenvalue weighted by atomic mass is 32.1. The van der Waals surface area contributed by atoms with Crippen LogP contribution in [-0.2, 0) is 22.4 Å². The highest BCUT2D eigenvalue weighted by molar-refractivity contribution is 7.17. The summed E-state index contributed by atoms with van der Waals surface area (Å²) in [6.07, 6.45) is 3.52. The van der Waals surface area contributed by atoms with Crippen molar-refractivity contribution >= 4 is 33.9 Å². The van der Waals surface area contributed by atoms with Crippen molar-refractivity contribution in [2.24, 2.45) is 0 Å². The number of nitrogens with one attached hydrogen (secondary N) is 1. The molecule has 0 spiro atoms. The number of thiophene rings is 1. The van der Waals surface area contributed by atoms with Crippen LogP contribution in [0.1, 0.15) is 33.6 Å². The van der Waals surface area contributed by atoms with Crippen LogP contribution in [0.4, 0.5) is 15.1 Å². The molecule has 2 aromatic rings. The first-order valence-corrected chi connectivity index (χ1v) is 9.31. The molecule has 1 aromatic carbocycles. The van der Waals surface area contributed by atoms with Crippen LogP contribution in [0.2, 0.25) is 0 Å². The molecule has 0 aliphatic heterocycles. The maximum atomic E-state index is 13.3. The van der Waals surface area contributed by atoms with Crippen molar-refractivity contribution in [1.82, 2.24) is 0 Å². The minimum absolute atomic E-state index is 0.340. The number of nitrogens with zero attached hydrogens (tertiary/aromatic N) is 1. The molecule has 148 valence electrons. The Morgan fingerprint density at radius 1 is 1.32 bits per heavy atom. The zero-order valence-electron chi connectivity index (χ0n) is 15.0. The van der Waals surface area contributed by atoms with Crippen LogP contribution in [0.15, 0.2) is 18.2 Å². The number of esters is 1. The van der Waals surface area contributed by atoms with Crippen molar-refractivity contribution in [3.8, 4) is 5.75 Å². The van der Waals surface area contributed by atoms with Gasteiger partial charge in [0.1, 0.15) is 10.8 Å². The van der Waals surface area contributed by atoms with Gasteiger partial charge in [0.05, 0.1) is 17.6 Å². The molecule has 1 heterocycles. The summed E-state index contributed by atoms with van der Waals surface area (Å²) in [5.74, 6) is -2.22. The number of rotatable bonds is 6. The molecule has 0 bridgehead atoms. The fraction of sp³-hybridized carbons (Fsp3) is 0.333. The van der Waals surface area contributed by atoms with Gasteiger partial charge >= 0.3 is 11.7 Å². The van der Waals surface area contributed by atoms with Gasteiger partial charge < -0.3 is 14.8 Å². The zero-order valence-corrected chi connectivity index (χ0v) is 15.8. The van der Waals surface area contributed by atoms with E-state index in [-0.39, 0.29) is 5.75 Å². The maximum absolute atomic E-state index is 13.3. The number of amides is 1. The second kappa shape index (κ2) is 8.34. The third-order valence-corrected chi connectivity index (χ3v) is 5.50. The number of nitro groups is 1. The zero-order chi connectivity index (χ0) is 20.3. The number of halogens is 1. The van der Waals surface area contributed by atoms with Crippen molar-refractivity contribution in [3.05, 3.63) is 50.1 Å². The van der Waals surface area contributed by atoms with E-state index in [2.05, 4.69) is 5.32 Å². The molecule has 0 atom stereocenters. The lowest BCUT2D eigenvalue weighted by Crippen LogP contribution is -2.21. The fourth-order valence-corrected chi connectivity index (χ4v) is 4.33. The van der Waals surface area contributed by atoms with Gasteiger partial charge in [-0.25, -0.2) is 9.18 Å². The van der Waals surface area contributed by atoms with E-state index < -0.39 is 34.9 Å². The van der Waals surface area contributed by atoms with Crippen molar-refractivity contribution in [2.75, 3.05) is 19.0 Å². The number of fused-ring (bicyclic) bond motifs is 1. The molecular weight excluding hydrogens is 391 g/mol. The van der Waals surface area contributed by atoms with E-state index in [9.17, 15) is 24.1 Å². The molecule has 3 rings (SSSR count). The minimum atomic E-state index is -0.727. The molecule has 1 amide bonds.